The normalized spacial score (nSPS) is 11.0. The molecule has 0 unspecified atom stereocenters. The molecule has 0 radical (unpaired) electrons. The van der Waals surface area contributed by atoms with Crippen LogP contribution in [0, 0.1) is 6.92 Å². The molecular weight excluding hydrogens is 312 g/mol. The number of oxazole rings is 1. The number of thiazole rings is 1. The van der Waals surface area contributed by atoms with E-state index in [-0.39, 0.29) is 5.91 Å². The van der Waals surface area contributed by atoms with Gasteiger partial charge in [-0.2, -0.15) is 0 Å². The Labute approximate surface area is 137 Å². The van der Waals surface area contributed by atoms with Gasteiger partial charge in [-0.3, -0.25) is 4.79 Å². The first-order valence-corrected chi connectivity index (χ1v) is 8.33. The van der Waals surface area contributed by atoms with Crippen molar-refractivity contribution in [2.45, 2.75) is 19.8 Å². The van der Waals surface area contributed by atoms with Gasteiger partial charge in [0.15, 0.2) is 11.5 Å². The van der Waals surface area contributed by atoms with Crippen molar-refractivity contribution in [3.05, 3.63) is 45.7 Å². The molecule has 6 nitrogen and oxygen atoms in total. The maximum atomic E-state index is 12.0. The highest BCUT2D eigenvalue weighted by Gasteiger charge is 2.11. The molecule has 2 aromatic heterocycles. The summed E-state index contributed by atoms with van der Waals surface area (Å²) in [5.41, 5.74) is 8.65. The van der Waals surface area contributed by atoms with Crippen molar-refractivity contribution in [2.75, 3.05) is 13.1 Å². The Bertz CT molecular complexity index is 824. The lowest BCUT2D eigenvalue weighted by Crippen LogP contribution is -2.26. The zero-order valence-corrected chi connectivity index (χ0v) is 13.7. The summed E-state index contributed by atoms with van der Waals surface area (Å²) in [6.07, 6.45) is 1.24. The lowest BCUT2D eigenvalue weighted by Gasteiger charge is -2.00. The monoisotopic (exact) mass is 330 g/mol. The highest BCUT2D eigenvalue weighted by molar-refractivity contribution is 7.09. The Hall–Kier alpha value is -2.25. The number of rotatable bonds is 6. The molecule has 120 valence electrons. The minimum absolute atomic E-state index is 0.184. The molecular formula is C16H18N4O2S. The molecule has 0 aliphatic carbocycles. The maximum Gasteiger partial charge on any atom is 0.270 e. The number of nitrogens with two attached hydrogens (primary N) is 1. The first-order chi connectivity index (χ1) is 11.2. The Morgan fingerprint density at radius 3 is 3.00 bits per heavy atom. The second-order valence-electron chi connectivity index (χ2n) is 5.20. The largest absolute Gasteiger partial charge is 0.441 e. The molecule has 3 N–H and O–H groups in total. The number of aromatic nitrogens is 2. The Balaban J connectivity index is 1.57. The lowest BCUT2D eigenvalue weighted by molar-refractivity contribution is 0.0949. The van der Waals surface area contributed by atoms with Crippen LogP contribution in [0.2, 0.25) is 0 Å². The van der Waals surface area contributed by atoms with E-state index in [0.29, 0.717) is 37.5 Å². The van der Waals surface area contributed by atoms with E-state index in [1.807, 2.05) is 25.1 Å². The molecule has 2 heterocycles. The first-order valence-electron chi connectivity index (χ1n) is 7.45. The molecule has 0 aliphatic heterocycles. The smallest absolute Gasteiger partial charge is 0.270 e. The van der Waals surface area contributed by atoms with E-state index in [1.54, 1.807) is 5.38 Å². The summed E-state index contributed by atoms with van der Waals surface area (Å²) in [7, 11) is 0. The molecule has 1 aromatic carbocycles. The van der Waals surface area contributed by atoms with E-state index in [2.05, 4.69) is 15.3 Å². The van der Waals surface area contributed by atoms with Crippen LogP contribution in [0.25, 0.3) is 11.1 Å². The summed E-state index contributed by atoms with van der Waals surface area (Å²) in [6, 6.07) is 5.83. The molecule has 0 aliphatic rings. The van der Waals surface area contributed by atoms with E-state index in [1.165, 1.54) is 11.3 Å². The van der Waals surface area contributed by atoms with Crippen LogP contribution in [-0.4, -0.2) is 29.0 Å². The Morgan fingerprint density at radius 2 is 2.22 bits per heavy atom. The van der Waals surface area contributed by atoms with Gasteiger partial charge in [0, 0.05) is 24.8 Å². The van der Waals surface area contributed by atoms with Crippen molar-refractivity contribution in [1.29, 1.82) is 0 Å². The molecule has 0 spiro atoms. The molecule has 0 bridgehead atoms. The number of aryl methyl sites for hydroxylation is 1. The van der Waals surface area contributed by atoms with Gasteiger partial charge in [0.25, 0.3) is 5.91 Å². The van der Waals surface area contributed by atoms with Gasteiger partial charge in [-0.1, -0.05) is 12.1 Å². The van der Waals surface area contributed by atoms with Crippen molar-refractivity contribution >= 4 is 28.3 Å². The molecule has 7 heteroatoms. The van der Waals surface area contributed by atoms with Gasteiger partial charge in [0.05, 0.1) is 5.01 Å². The van der Waals surface area contributed by atoms with Gasteiger partial charge in [-0.15, -0.1) is 11.3 Å². The van der Waals surface area contributed by atoms with Gasteiger partial charge >= 0.3 is 0 Å². The van der Waals surface area contributed by atoms with Crippen molar-refractivity contribution < 1.29 is 9.21 Å². The minimum Gasteiger partial charge on any atom is -0.441 e. The molecule has 1 amide bonds. The average Bonchev–Trinajstić information content (AvgIpc) is 3.15. The summed E-state index contributed by atoms with van der Waals surface area (Å²) < 4.78 is 5.68. The van der Waals surface area contributed by atoms with Crippen LogP contribution < -0.4 is 11.1 Å². The molecule has 0 saturated carbocycles. The third-order valence-corrected chi connectivity index (χ3v) is 4.34. The fourth-order valence-electron chi connectivity index (χ4n) is 2.27. The molecule has 23 heavy (non-hydrogen) atoms. The zero-order valence-electron chi connectivity index (χ0n) is 12.8. The second kappa shape index (κ2) is 6.89. The molecule has 0 saturated heterocycles. The van der Waals surface area contributed by atoms with E-state index in [0.717, 1.165) is 21.7 Å². The van der Waals surface area contributed by atoms with Crippen LogP contribution in [-0.2, 0) is 12.8 Å². The quantitative estimate of drug-likeness (QED) is 0.721. The number of hydrogen-bond donors (Lipinski definition) is 2. The van der Waals surface area contributed by atoms with Crippen LogP contribution in [0.5, 0.6) is 0 Å². The number of hydrogen-bond acceptors (Lipinski definition) is 6. The van der Waals surface area contributed by atoms with E-state index in [4.69, 9.17) is 10.2 Å². The number of amides is 1. The van der Waals surface area contributed by atoms with Crippen molar-refractivity contribution in [3.63, 3.8) is 0 Å². The van der Waals surface area contributed by atoms with E-state index >= 15 is 0 Å². The number of nitrogens with one attached hydrogen (secondary N) is 1. The van der Waals surface area contributed by atoms with Crippen LogP contribution in [0.4, 0.5) is 0 Å². The number of nitrogens with zero attached hydrogens (tertiary/aromatic N) is 2. The van der Waals surface area contributed by atoms with Gasteiger partial charge in [-0.05, 0) is 25.1 Å². The highest BCUT2D eigenvalue weighted by atomic mass is 32.1. The first kappa shape index (κ1) is 15.6. The van der Waals surface area contributed by atoms with Crippen LogP contribution in [0.1, 0.15) is 27.0 Å². The number of fused-ring (bicyclic) bond motifs is 1. The van der Waals surface area contributed by atoms with Crippen molar-refractivity contribution in [2.24, 2.45) is 5.73 Å². The summed E-state index contributed by atoms with van der Waals surface area (Å²) in [4.78, 5) is 20.8. The molecule has 0 fully saturated rings. The summed E-state index contributed by atoms with van der Waals surface area (Å²) in [6.45, 7) is 2.98. The Kier molecular flexibility index (Phi) is 4.68. The van der Waals surface area contributed by atoms with Gasteiger partial charge in [0.2, 0.25) is 0 Å². The second-order valence-corrected chi connectivity index (χ2v) is 6.14. The average molecular weight is 330 g/mol. The molecule has 0 atom stereocenters. The van der Waals surface area contributed by atoms with Gasteiger partial charge in [-0.25, -0.2) is 9.97 Å². The topological polar surface area (TPSA) is 94.0 Å². The summed E-state index contributed by atoms with van der Waals surface area (Å²) >= 11 is 1.45. The molecule has 3 rings (SSSR count). The fraction of sp³-hybridized carbons (Fsp3) is 0.312. The summed E-state index contributed by atoms with van der Waals surface area (Å²) in [5.74, 6) is 0.438. The van der Waals surface area contributed by atoms with Crippen LogP contribution in [0.3, 0.4) is 0 Å². The third-order valence-electron chi connectivity index (χ3n) is 3.43. The Morgan fingerprint density at radius 1 is 1.35 bits per heavy atom. The van der Waals surface area contributed by atoms with E-state index in [9.17, 15) is 4.79 Å². The third kappa shape index (κ3) is 3.57. The number of benzene rings is 1. The van der Waals surface area contributed by atoms with Crippen LogP contribution >= 0.6 is 11.3 Å². The predicted molar refractivity (Wildman–Crippen MR) is 89.7 cm³/mol. The lowest BCUT2D eigenvalue weighted by atomic mass is 10.2. The van der Waals surface area contributed by atoms with Crippen molar-refractivity contribution in [1.82, 2.24) is 15.3 Å². The fourth-order valence-corrected chi connectivity index (χ4v) is 3.06. The van der Waals surface area contributed by atoms with Crippen molar-refractivity contribution in [3.8, 4) is 0 Å². The van der Waals surface area contributed by atoms with Gasteiger partial charge < -0.3 is 15.5 Å². The number of carbonyl (C=O) groups excluding carboxylic acids is 1. The SMILES string of the molecule is Cc1cccc2oc(CCNC(=O)c3csc(CCN)n3)nc12. The zero-order chi connectivity index (χ0) is 16.2. The predicted octanol–water partition coefficient (Wildman–Crippen LogP) is 2.07. The standard InChI is InChI=1S/C16H18N4O2S/c1-10-3-2-4-12-15(10)20-13(22-12)6-8-18-16(21)11-9-23-14(19-11)5-7-17/h2-4,9H,5-8,17H2,1H3,(H,18,21). The maximum absolute atomic E-state index is 12.0. The summed E-state index contributed by atoms with van der Waals surface area (Å²) in [5, 5.41) is 5.47. The minimum atomic E-state index is -0.184. The highest BCUT2D eigenvalue weighted by Crippen LogP contribution is 2.18. The van der Waals surface area contributed by atoms with E-state index < -0.39 is 0 Å². The van der Waals surface area contributed by atoms with Gasteiger partial charge in [0.1, 0.15) is 11.2 Å². The number of para-hydroxylation sites is 1. The number of carbonyl (C=O) groups is 1. The van der Waals surface area contributed by atoms with Crippen LogP contribution in [0.15, 0.2) is 28.0 Å². The molecule has 3 aromatic rings.